The Bertz CT molecular complexity index is 453. The van der Waals surface area contributed by atoms with Crippen LogP contribution in [0.15, 0.2) is 6.07 Å². The Morgan fingerprint density at radius 2 is 1.60 bits per heavy atom. The van der Waals surface area contributed by atoms with Crippen molar-refractivity contribution in [3.8, 4) is 11.5 Å². The molecular formula is C8H5ClO6. The lowest BCUT2D eigenvalue weighted by Crippen LogP contribution is -2.04. The van der Waals surface area contributed by atoms with Gasteiger partial charge in [-0.25, -0.2) is 9.59 Å². The van der Waals surface area contributed by atoms with E-state index in [9.17, 15) is 19.8 Å². The van der Waals surface area contributed by atoms with E-state index < -0.39 is 39.6 Å². The largest absolute Gasteiger partial charge is 0.506 e. The smallest absolute Gasteiger partial charge is 0.343 e. The monoisotopic (exact) mass is 232 g/mol. The molecule has 0 amide bonds. The summed E-state index contributed by atoms with van der Waals surface area (Å²) in [5, 5.41) is 35.2. The van der Waals surface area contributed by atoms with Gasteiger partial charge in [-0.2, -0.15) is 0 Å². The van der Waals surface area contributed by atoms with Crippen LogP contribution in [-0.4, -0.2) is 32.4 Å². The standard InChI is InChI=1S/C8H5ClO6/c9-3-1-2(7(12)13)5(10)4(6(3)11)8(14)15/h1,10-11H,(H,12,13)(H,14,15). The number of benzene rings is 1. The van der Waals surface area contributed by atoms with Crippen LogP contribution < -0.4 is 0 Å². The lowest BCUT2D eigenvalue weighted by atomic mass is 10.1. The molecule has 1 aromatic carbocycles. The third-order valence-corrected chi connectivity index (χ3v) is 1.96. The summed E-state index contributed by atoms with van der Waals surface area (Å²) in [7, 11) is 0. The average Bonchev–Trinajstić information content (AvgIpc) is 2.10. The van der Waals surface area contributed by atoms with Crippen LogP contribution in [0.4, 0.5) is 0 Å². The maximum Gasteiger partial charge on any atom is 0.343 e. The highest BCUT2D eigenvalue weighted by molar-refractivity contribution is 6.33. The Morgan fingerprint density at radius 3 is 2.00 bits per heavy atom. The van der Waals surface area contributed by atoms with Crippen LogP contribution in [0.5, 0.6) is 11.5 Å². The highest BCUT2D eigenvalue weighted by Gasteiger charge is 2.24. The van der Waals surface area contributed by atoms with Gasteiger partial charge in [0.15, 0.2) is 5.75 Å². The van der Waals surface area contributed by atoms with Crippen LogP contribution in [0, 0.1) is 0 Å². The molecule has 0 radical (unpaired) electrons. The fourth-order valence-electron chi connectivity index (χ4n) is 0.995. The summed E-state index contributed by atoms with van der Waals surface area (Å²) in [4.78, 5) is 21.2. The van der Waals surface area contributed by atoms with Gasteiger partial charge in [0, 0.05) is 0 Å². The van der Waals surface area contributed by atoms with Gasteiger partial charge in [0.25, 0.3) is 0 Å². The third kappa shape index (κ3) is 1.79. The molecule has 0 saturated carbocycles. The molecule has 0 bridgehead atoms. The summed E-state index contributed by atoms with van der Waals surface area (Å²) < 4.78 is 0. The van der Waals surface area contributed by atoms with Gasteiger partial charge in [-0.05, 0) is 6.07 Å². The van der Waals surface area contributed by atoms with Crippen molar-refractivity contribution >= 4 is 23.5 Å². The molecule has 0 fully saturated rings. The van der Waals surface area contributed by atoms with Crippen molar-refractivity contribution < 1.29 is 30.0 Å². The maximum absolute atomic E-state index is 10.6. The molecule has 6 nitrogen and oxygen atoms in total. The summed E-state index contributed by atoms with van der Waals surface area (Å²) in [6, 6.07) is 0.765. The molecule has 0 aliphatic rings. The Morgan fingerprint density at radius 1 is 1.07 bits per heavy atom. The minimum Gasteiger partial charge on any atom is -0.506 e. The molecule has 0 atom stereocenters. The summed E-state index contributed by atoms with van der Waals surface area (Å²) in [6.07, 6.45) is 0. The van der Waals surface area contributed by atoms with Gasteiger partial charge >= 0.3 is 11.9 Å². The number of hydrogen-bond donors (Lipinski definition) is 4. The molecule has 0 spiro atoms. The van der Waals surface area contributed by atoms with Crippen LogP contribution in [0.1, 0.15) is 20.7 Å². The van der Waals surface area contributed by atoms with Crippen molar-refractivity contribution in [1.29, 1.82) is 0 Å². The topological polar surface area (TPSA) is 115 Å². The molecule has 7 heteroatoms. The van der Waals surface area contributed by atoms with Crippen molar-refractivity contribution in [3.63, 3.8) is 0 Å². The first-order valence-electron chi connectivity index (χ1n) is 3.57. The Hall–Kier alpha value is -1.95. The van der Waals surface area contributed by atoms with Crippen LogP contribution in [0.2, 0.25) is 5.02 Å². The van der Waals surface area contributed by atoms with E-state index in [1.165, 1.54) is 0 Å². The van der Waals surface area contributed by atoms with E-state index in [4.69, 9.17) is 21.8 Å². The van der Waals surface area contributed by atoms with E-state index in [0.29, 0.717) is 0 Å². The predicted octanol–water partition coefficient (Wildman–Crippen LogP) is 1.15. The van der Waals surface area contributed by atoms with E-state index in [2.05, 4.69) is 0 Å². The van der Waals surface area contributed by atoms with E-state index in [-0.39, 0.29) is 0 Å². The number of phenols is 2. The second kappa shape index (κ2) is 3.66. The number of carbonyl (C=O) groups is 2. The third-order valence-electron chi connectivity index (χ3n) is 1.67. The SMILES string of the molecule is O=C(O)c1cc(Cl)c(O)c(C(=O)O)c1O. The van der Waals surface area contributed by atoms with Crippen molar-refractivity contribution in [3.05, 3.63) is 22.2 Å². The number of aromatic carboxylic acids is 2. The molecule has 0 aliphatic heterocycles. The number of hydrogen-bond acceptors (Lipinski definition) is 4. The molecule has 80 valence electrons. The van der Waals surface area contributed by atoms with Crippen LogP contribution in [0.3, 0.4) is 0 Å². The fourth-order valence-corrected chi connectivity index (χ4v) is 1.20. The summed E-state index contributed by atoms with van der Waals surface area (Å²) in [5.41, 5.74) is -1.62. The Kier molecular flexibility index (Phi) is 2.71. The van der Waals surface area contributed by atoms with E-state index in [0.717, 1.165) is 6.07 Å². The zero-order chi connectivity index (χ0) is 11.7. The first-order chi connectivity index (χ1) is 6.86. The van der Waals surface area contributed by atoms with Crippen LogP contribution in [0.25, 0.3) is 0 Å². The normalized spacial score (nSPS) is 9.93. The zero-order valence-corrected chi connectivity index (χ0v) is 7.82. The minimum atomic E-state index is -1.67. The number of aromatic hydroxyl groups is 2. The second-order valence-corrected chi connectivity index (χ2v) is 3.00. The van der Waals surface area contributed by atoms with Gasteiger partial charge in [0.1, 0.15) is 16.9 Å². The minimum absolute atomic E-state index is 0.456. The van der Waals surface area contributed by atoms with Gasteiger partial charge < -0.3 is 20.4 Å². The number of halogens is 1. The average molecular weight is 233 g/mol. The molecule has 1 rings (SSSR count). The first kappa shape index (κ1) is 11.1. The summed E-state index contributed by atoms with van der Waals surface area (Å²) >= 11 is 5.39. The predicted molar refractivity (Wildman–Crippen MR) is 48.7 cm³/mol. The first-order valence-corrected chi connectivity index (χ1v) is 3.95. The molecule has 4 N–H and O–H groups in total. The lowest BCUT2D eigenvalue weighted by Gasteiger charge is -2.07. The molecular weight excluding hydrogens is 228 g/mol. The fraction of sp³-hybridized carbons (Fsp3) is 0. The van der Waals surface area contributed by atoms with Crippen LogP contribution >= 0.6 is 11.6 Å². The molecule has 0 aromatic heterocycles. The maximum atomic E-state index is 10.6. The lowest BCUT2D eigenvalue weighted by molar-refractivity contribution is 0.0689. The van der Waals surface area contributed by atoms with Gasteiger partial charge in [-0.3, -0.25) is 0 Å². The summed E-state index contributed by atoms with van der Waals surface area (Å²) in [5.74, 6) is -5.12. The van der Waals surface area contributed by atoms with E-state index >= 15 is 0 Å². The second-order valence-electron chi connectivity index (χ2n) is 2.59. The number of carboxylic acid groups (broad SMARTS) is 2. The molecule has 15 heavy (non-hydrogen) atoms. The van der Waals surface area contributed by atoms with E-state index in [1.54, 1.807) is 0 Å². The van der Waals surface area contributed by atoms with Gasteiger partial charge in [-0.15, -0.1) is 0 Å². The molecule has 0 heterocycles. The molecule has 0 aliphatic carbocycles. The van der Waals surface area contributed by atoms with Crippen molar-refractivity contribution in [2.75, 3.05) is 0 Å². The molecule has 0 unspecified atom stereocenters. The number of carboxylic acids is 2. The van der Waals surface area contributed by atoms with E-state index in [1.807, 2.05) is 0 Å². The summed E-state index contributed by atoms with van der Waals surface area (Å²) in [6.45, 7) is 0. The quantitative estimate of drug-likeness (QED) is 0.608. The van der Waals surface area contributed by atoms with Gasteiger partial charge in [0.2, 0.25) is 0 Å². The highest BCUT2D eigenvalue weighted by Crippen LogP contribution is 2.36. The highest BCUT2D eigenvalue weighted by atomic mass is 35.5. The van der Waals surface area contributed by atoms with Crippen LogP contribution in [-0.2, 0) is 0 Å². The number of rotatable bonds is 2. The zero-order valence-electron chi connectivity index (χ0n) is 7.06. The van der Waals surface area contributed by atoms with Crippen molar-refractivity contribution in [1.82, 2.24) is 0 Å². The Balaban J connectivity index is 3.63. The molecule has 1 aromatic rings. The van der Waals surface area contributed by atoms with Gasteiger partial charge in [0.05, 0.1) is 5.02 Å². The van der Waals surface area contributed by atoms with Crippen molar-refractivity contribution in [2.45, 2.75) is 0 Å². The van der Waals surface area contributed by atoms with Gasteiger partial charge in [-0.1, -0.05) is 11.6 Å². The van der Waals surface area contributed by atoms with Crippen molar-refractivity contribution in [2.24, 2.45) is 0 Å². The molecule has 0 saturated heterocycles. The Labute approximate surface area is 88.0 Å².